The van der Waals surface area contributed by atoms with Gasteiger partial charge in [-0.3, -0.25) is 0 Å². The average molecular weight is 270 g/mol. The molecular formula is C16H22N4. The minimum Gasteiger partial charge on any atom is -0.321 e. The molecule has 0 bridgehead atoms. The Kier molecular flexibility index (Phi) is 3.83. The van der Waals surface area contributed by atoms with E-state index >= 15 is 0 Å². The van der Waals surface area contributed by atoms with E-state index in [1.165, 1.54) is 31.2 Å². The van der Waals surface area contributed by atoms with Crippen molar-refractivity contribution < 1.29 is 0 Å². The van der Waals surface area contributed by atoms with Crippen molar-refractivity contribution in [2.45, 2.75) is 51.1 Å². The van der Waals surface area contributed by atoms with Crippen molar-refractivity contribution >= 4 is 0 Å². The molecular weight excluding hydrogens is 248 g/mol. The highest BCUT2D eigenvalue weighted by atomic mass is 15.3. The predicted molar refractivity (Wildman–Crippen MR) is 79.3 cm³/mol. The lowest BCUT2D eigenvalue weighted by molar-refractivity contribution is 0.466. The van der Waals surface area contributed by atoms with Gasteiger partial charge >= 0.3 is 0 Å². The van der Waals surface area contributed by atoms with Crippen LogP contribution in [0.15, 0.2) is 30.3 Å². The molecule has 1 aromatic heterocycles. The monoisotopic (exact) mass is 270 g/mol. The van der Waals surface area contributed by atoms with E-state index in [9.17, 15) is 0 Å². The Hall–Kier alpha value is -1.68. The molecule has 1 atom stereocenters. The lowest BCUT2D eigenvalue weighted by Crippen LogP contribution is -2.21. The maximum atomic E-state index is 6.39. The first-order valence-electron chi connectivity index (χ1n) is 7.46. The first-order chi connectivity index (χ1) is 9.75. The van der Waals surface area contributed by atoms with Crippen LogP contribution in [0.2, 0.25) is 0 Å². The topological polar surface area (TPSA) is 56.7 Å². The standard InChI is InChI=1S/C16H22N4/c1-12-18-19-16(20(12)14-9-5-6-10-14)15(17)11-13-7-3-2-4-8-13/h2-4,7-8,14-15H,5-6,9-11,17H2,1H3. The Morgan fingerprint density at radius 1 is 1.20 bits per heavy atom. The molecule has 0 aliphatic heterocycles. The number of nitrogens with zero attached hydrogens (tertiary/aromatic N) is 3. The molecule has 1 fully saturated rings. The van der Waals surface area contributed by atoms with Gasteiger partial charge in [0.05, 0.1) is 6.04 Å². The smallest absolute Gasteiger partial charge is 0.150 e. The molecule has 0 radical (unpaired) electrons. The van der Waals surface area contributed by atoms with E-state index < -0.39 is 0 Å². The lowest BCUT2D eigenvalue weighted by atomic mass is 10.1. The maximum Gasteiger partial charge on any atom is 0.150 e. The van der Waals surface area contributed by atoms with E-state index in [1.54, 1.807) is 0 Å². The summed E-state index contributed by atoms with van der Waals surface area (Å²) in [4.78, 5) is 0. The van der Waals surface area contributed by atoms with Crippen LogP contribution in [0.1, 0.15) is 55.0 Å². The fourth-order valence-corrected chi connectivity index (χ4v) is 3.21. The molecule has 106 valence electrons. The van der Waals surface area contributed by atoms with Gasteiger partial charge in [-0.15, -0.1) is 10.2 Å². The largest absolute Gasteiger partial charge is 0.321 e. The number of benzene rings is 1. The van der Waals surface area contributed by atoms with E-state index in [0.29, 0.717) is 6.04 Å². The summed E-state index contributed by atoms with van der Waals surface area (Å²) in [6, 6.07) is 10.8. The summed E-state index contributed by atoms with van der Waals surface area (Å²) in [7, 11) is 0. The van der Waals surface area contributed by atoms with E-state index in [4.69, 9.17) is 5.73 Å². The molecule has 1 heterocycles. The minimum atomic E-state index is -0.0841. The highest BCUT2D eigenvalue weighted by Gasteiger charge is 2.25. The molecule has 2 aromatic rings. The number of rotatable bonds is 4. The van der Waals surface area contributed by atoms with Crippen molar-refractivity contribution in [3.05, 3.63) is 47.5 Å². The number of hydrogen-bond acceptors (Lipinski definition) is 3. The van der Waals surface area contributed by atoms with Gasteiger partial charge in [0.15, 0.2) is 5.82 Å². The zero-order valence-corrected chi connectivity index (χ0v) is 12.0. The van der Waals surface area contributed by atoms with Gasteiger partial charge in [0.2, 0.25) is 0 Å². The third kappa shape index (κ3) is 2.61. The first kappa shape index (κ1) is 13.3. The van der Waals surface area contributed by atoms with Gasteiger partial charge in [-0.2, -0.15) is 0 Å². The molecule has 0 spiro atoms. The second kappa shape index (κ2) is 5.75. The second-order valence-electron chi connectivity index (χ2n) is 5.71. The van der Waals surface area contributed by atoms with Gasteiger partial charge in [-0.25, -0.2) is 0 Å². The van der Waals surface area contributed by atoms with Crippen LogP contribution in [0.4, 0.5) is 0 Å². The van der Waals surface area contributed by atoms with Crippen LogP contribution in [-0.4, -0.2) is 14.8 Å². The van der Waals surface area contributed by atoms with Crippen LogP contribution >= 0.6 is 0 Å². The molecule has 1 aliphatic carbocycles. The highest BCUT2D eigenvalue weighted by Crippen LogP contribution is 2.32. The normalized spacial score (nSPS) is 17.5. The molecule has 20 heavy (non-hydrogen) atoms. The van der Waals surface area contributed by atoms with Crippen LogP contribution in [0, 0.1) is 6.92 Å². The SMILES string of the molecule is Cc1nnc(C(N)Cc2ccccc2)n1C1CCCC1. The van der Waals surface area contributed by atoms with Gasteiger partial charge in [0.1, 0.15) is 5.82 Å². The van der Waals surface area contributed by atoms with Gasteiger partial charge in [0.25, 0.3) is 0 Å². The summed E-state index contributed by atoms with van der Waals surface area (Å²) in [5, 5.41) is 8.60. The van der Waals surface area contributed by atoms with Gasteiger partial charge in [-0.05, 0) is 31.7 Å². The third-order valence-corrected chi connectivity index (χ3v) is 4.21. The summed E-state index contributed by atoms with van der Waals surface area (Å²) >= 11 is 0. The Labute approximate surface area is 120 Å². The Bertz CT molecular complexity index is 555. The lowest BCUT2D eigenvalue weighted by Gasteiger charge is -2.19. The van der Waals surface area contributed by atoms with Crippen LogP contribution in [0.5, 0.6) is 0 Å². The number of nitrogens with two attached hydrogens (primary N) is 1. The number of hydrogen-bond donors (Lipinski definition) is 1. The van der Waals surface area contributed by atoms with Crippen LogP contribution in [0.25, 0.3) is 0 Å². The Morgan fingerprint density at radius 2 is 1.90 bits per heavy atom. The number of aryl methyl sites for hydroxylation is 1. The molecule has 3 rings (SSSR count). The molecule has 1 aliphatic rings. The van der Waals surface area contributed by atoms with E-state index in [-0.39, 0.29) is 6.04 Å². The van der Waals surface area contributed by atoms with Crippen LogP contribution in [-0.2, 0) is 6.42 Å². The summed E-state index contributed by atoms with van der Waals surface area (Å²) in [5.41, 5.74) is 7.63. The molecule has 0 saturated heterocycles. The third-order valence-electron chi connectivity index (χ3n) is 4.21. The summed E-state index contributed by atoms with van der Waals surface area (Å²) in [5.74, 6) is 1.94. The molecule has 4 nitrogen and oxygen atoms in total. The predicted octanol–water partition coefficient (Wildman–Crippen LogP) is 2.94. The van der Waals surface area contributed by atoms with Crippen molar-refractivity contribution in [3.8, 4) is 0 Å². The number of aromatic nitrogens is 3. The zero-order valence-electron chi connectivity index (χ0n) is 12.0. The molecule has 1 aromatic carbocycles. The van der Waals surface area contributed by atoms with E-state index in [0.717, 1.165) is 18.1 Å². The van der Waals surface area contributed by atoms with Gasteiger partial charge < -0.3 is 10.3 Å². The minimum absolute atomic E-state index is 0.0841. The van der Waals surface area contributed by atoms with Crippen molar-refractivity contribution in [2.75, 3.05) is 0 Å². The van der Waals surface area contributed by atoms with E-state index in [1.807, 2.05) is 13.0 Å². The van der Waals surface area contributed by atoms with Crippen molar-refractivity contribution in [2.24, 2.45) is 5.73 Å². The Morgan fingerprint density at radius 3 is 2.60 bits per heavy atom. The molecule has 1 saturated carbocycles. The van der Waals surface area contributed by atoms with Crippen molar-refractivity contribution in [1.82, 2.24) is 14.8 Å². The first-order valence-corrected chi connectivity index (χ1v) is 7.46. The molecule has 2 N–H and O–H groups in total. The van der Waals surface area contributed by atoms with Crippen molar-refractivity contribution in [3.63, 3.8) is 0 Å². The highest BCUT2D eigenvalue weighted by molar-refractivity contribution is 5.17. The van der Waals surface area contributed by atoms with Gasteiger partial charge in [0, 0.05) is 6.04 Å². The van der Waals surface area contributed by atoms with Gasteiger partial charge in [-0.1, -0.05) is 43.2 Å². The second-order valence-corrected chi connectivity index (χ2v) is 5.71. The molecule has 1 unspecified atom stereocenters. The summed E-state index contributed by atoms with van der Waals surface area (Å²) < 4.78 is 2.28. The molecule has 4 heteroatoms. The summed E-state index contributed by atoms with van der Waals surface area (Å²) in [6.45, 7) is 2.03. The average Bonchev–Trinajstić information content (AvgIpc) is 3.08. The molecule has 0 amide bonds. The van der Waals surface area contributed by atoms with E-state index in [2.05, 4.69) is 39.0 Å². The maximum absolute atomic E-state index is 6.39. The van der Waals surface area contributed by atoms with Crippen LogP contribution in [0.3, 0.4) is 0 Å². The Balaban J connectivity index is 1.82. The van der Waals surface area contributed by atoms with Crippen molar-refractivity contribution in [1.29, 1.82) is 0 Å². The fourth-order valence-electron chi connectivity index (χ4n) is 3.21. The zero-order chi connectivity index (χ0) is 13.9. The van der Waals surface area contributed by atoms with Crippen LogP contribution < -0.4 is 5.73 Å². The fraction of sp³-hybridized carbons (Fsp3) is 0.500. The quantitative estimate of drug-likeness (QED) is 0.929. The summed E-state index contributed by atoms with van der Waals surface area (Å²) in [6.07, 6.45) is 5.87.